The average Bonchev–Trinajstić information content (AvgIpc) is 2.59. The molecule has 0 spiro atoms. The van der Waals surface area contributed by atoms with Crippen molar-refractivity contribution in [1.29, 1.82) is 5.26 Å². The number of nitriles is 1. The molecule has 0 atom stereocenters. The van der Waals surface area contributed by atoms with Gasteiger partial charge in [-0.05, 0) is 11.1 Å². The van der Waals surface area contributed by atoms with E-state index in [1.54, 1.807) is 6.20 Å². The van der Waals surface area contributed by atoms with Crippen LogP contribution in [0.2, 0.25) is 0 Å². The molecule has 1 N–H and O–H groups in total. The molecule has 116 valence electrons. The monoisotopic (exact) mass is 305 g/mol. The van der Waals surface area contributed by atoms with Gasteiger partial charge in [0.15, 0.2) is 0 Å². The van der Waals surface area contributed by atoms with Crippen LogP contribution in [0.15, 0.2) is 72.4 Å². The van der Waals surface area contributed by atoms with E-state index in [0.29, 0.717) is 13.1 Å². The molecule has 0 unspecified atom stereocenters. The molecule has 4 heteroatoms. The summed E-state index contributed by atoms with van der Waals surface area (Å²) in [7, 11) is 1.84. The maximum atomic E-state index is 12.1. The second-order valence-corrected chi connectivity index (χ2v) is 5.22. The van der Waals surface area contributed by atoms with E-state index in [-0.39, 0.29) is 11.5 Å². The van der Waals surface area contributed by atoms with Crippen molar-refractivity contribution in [2.45, 2.75) is 13.1 Å². The lowest BCUT2D eigenvalue weighted by Crippen LogP contribution is -2.25. The fraction of sp³-hybridized carbons (Fsp3) is 0.158. The first kappa shape index (κ1) is 16.3. The smallest absolute Gasteiger partial charge is 0.263 e. The summed E-state index contributed by atoms with van der Waals surface area (Å²) in [5.41, 5.74) is 2.21. The Hall–Kier alpha value is -3.06. The lowest BCUT2D eigenvalue weighted by Gasteiger charge is -2.15. The number of hydrogen-bond donors (Lipinski definition) is 1. The van der Waals surface area contributed by atoms with Gasteiger partial charge in [-0.1, -0.05) is 60.7 Å². The van der Waals surface area contributed by atoms with Crippen LogP contribution in [-0.2, 0) is 17.9 Å². The summed E-state index contributed by atoms with van der Waals surface area (Å²) >= 11 is 0. The number of hydrogen-bond acceptors (Lipinski definition) is 3. The lowest BCUT2D eigenvalue weighted by molar-refractivity contribution is -0.117. The van der Waals surface area contributed by atoms with Crippen molar-refractivity contribution < 1.29 is 4.79 Å². The van der Waals surface area contributed by atoms with Crippen molar-refractivity contribution in [3.63, 3.8) is 0 Å². The van der Waals surface area contributed by atoms with Gasteiger partial charge >= 0.3 is 0 Å². The fourth-order valence-electron chi connectivity index (χ4n) is 2.15. The van der Waals surface area contributed by atoms with Gasteiger partial charge in [0.05, 0.1) is 0 Å². The van der Waals surface area contributed by atoms with E-state index in [1.165, 1.54) is 0 Å². The summed E-state index contributed by atoms with van der Waals surface area (Å²) in [6.07, 6.45) is 1.58. The van der Waals surface area contributed by atoms with Crippen LogP contribution in [0, 0.1) is 11.3 Å². The van der Waals surface area contributed by atoms with Crippen LogP contribution >= 0.6 is 0 Å². The minimum atomic E-state index is -0.365. The first-order valence-electron chi connectivity index (χ1n) is 7.37. The van der Waals surface area contributed by atoms with Gasteiger partial charge in [-0.15, -0.1) is 0 Å². The number of rotatable bonds is 6. The number of carbonyl (C=O) groups is 1. The van der Waals surface area contributed by atoms with Gasteiger partial charge in [0.25, 0.3) is 5.91 Å². The Morgan fingerprint density at radius 3 is 2.22 bits per heavy atom. The van der Waals surface area contributed by atoms with Crippen molar-refractivity contribution in [3.8, 4) is 6.07 Å². The van der Waals surface area contributed by atoms with E-state index in [1.807, 2.05) is 78.7 Å². The zero-order valence-corrected chi connectivity index (χ0v) is 13.1. The molecule has 23 heavy (non-hydrogen) atoms. The molecule has 0 fully saturated rings. The molecule has 0 bridgehead atoms. The molecule has 2 aromatic carbocycles. The number of carbonyl (C=O) groups excluding carboxylic acids is 1. The minimum Gasteiger partial charge on any atom is -0.375 e. The highest BCUT2D eigenvalue weighted by atomic mass is 16.1. The van der Waals surface area contributed by atoms with Crippen LogP contribution in [-0.4, -0.2) is 17.9 Å². The first-order valence-corrected chi connectivity index (χ1v) is 7.37. The van der Waals surface area contributed by atoms with E-state index in [2.05, 4.69) is 5.32 Å². The van der Waals surface area contributed by atoms with E-state index in [0.717, 1.165) is 11.1 Å². The van der Waals surface area contributed by atoms with Gasteiger partial charge in [-0.25, -0.2) is 0 Å². The molecule has 2 rings (SSSR count). The summed E-state index contributed by atoms with van der Waals surface area (Å²) in [4.78, 5) is 13.9. The Labute approximate surface area is 136 Å². The zero-order valence-electron chi connectivity index (χ0n) is 13.1. The second kappa shape index (κ2) is 8.40. The second-order valence-electron chi connectivity index (χ2n) is 5.22. The fourth-order valence-corrected chi connectivity index (χ4v) is 2.15. The van der Waals surface area contributed by atoms with Gasteiger partial charge in [-0.3, -0.25) is 4.79 Å². The maximum Gasteiger partial charge on any atom is 0.263 e. The van der Waals surface area contributed by atoms with Gasteiger partial charge in [0, 0.05) is 26.3 Å². The third kappa shape index (κ3) is 5.33. The molecule has 0 saturated carbocycles. The third-order valence-electron chi connectivity index (χ3n) is 3.29. The molecule has 2 aromatic rings. The predicted molar refractivity (Wildman–Crippen MR) is 89.9 cm³/mol. The summed E-state index contributed by atoms with van der Waals surface area (Å²) in [6.45, 7) is 1.04. The first-order chi connectivity index (χ1) is 11.2. The molecule has 0 aliphatic carbocycles. The highest BCUT2D eigenvalue weighted by Gasteiger charge is 2.09. The Bertz CT molecular complexity index is 702. The highest BCUT2D eigenvalue weighted by molar-refractivity contribution is 5.97. The van der Waals surface area contributed by atoms with Gasteiger partial charge in [0.1, 0.15) is 11.6 Å². The topological polar surface area (TPSA) is 56.1 Å². The van der Waals surface area contributed by atoms with Crippen LogP contribution < -0.4 is 5.32 Å². The Balaban J connectivity index is 1.95. The number of nitrogens with one attached hydrogen (secondary N) is 1. The van der Waals surface area contributed by atoms with E-state index in [9.17, 15) is 10.1 Å². The minimum absolute atomic E-state index is 0.0966. The summed E-state index contributed by atoms with van der Waals surface area (Å²) in [5, 5.41) is 12.0. The van der Waals surface area contributed by atoms with Crippen molar-refractivity contribution in [1.82, 2.24) is 10.2 Å². The van der Waals surface area contributed by atoms with Crippen molar-refractivity contribution in [3.05, 3.63) is 83.6 Å². The van der Waals surface area contributed by atoms with E-state index in [4.69, 9.17) is 0 Å². The number of benzene rings is 2. The van der Waals surface area contributed by atoms with Crippen molar-refractivity contribution in [2.75, 3.05) is 7.05 Å². The van der Waals surface area contributed by atoms with E-state index >= 15 is 0 Å². The Morgan fingerprint density at radius 2 is 1.65 bits per heavy atom. The Kier molecular flexibility index (Phi) is 5.96. The molecule has 0 saturated heterocycles. The van der Waals surface area contributed by atoms with Crippen LogP contribution in [0.3, 0.4) is 0 Å². The molecule has 0 heterocycles. The van der Waals surface area contributed by atoms with E-state index < -0.39 is 0 Å². The van der Waals surface area contributed by atoms with Crippen molar-refractivity contribution in [2.24, 2.45) is 0 Å². The molecular formula is C19H19N3O. The molecule has 1 amide bonds. The normalized spacial score (nSPS) is 10.7. The average molecular weight is 305 g/mol. The molecule has 0 aliphatic rings. The largest absolute Gasteiger partial charge is 0.375 e. The van der Waals surface area contributed by atoms with Gasteiger partial charge < -0.3 is 10.2 Å². The summed E-state index contributed by atoms with van der Waals surface area (Å²) in [6, 6.07) is 21.5. The summed E-state index contributed by atoms with van der Waals surface area (Å²) in [5.74, 6) is -0.365. The third-order valence-corrected chi connectivity index (χ3v) is 3.29. The number of nitrogens with zero attached hydrogens (tertiary/aromatic N) is 2. The van der Waals surface area contributed by atoms with Crippen LogP contribution in [0.5, 0.6) is 0 Å². The summed E-state index contributed by atoms with van der Waals surface area (Å²) < 4.78 is 0. The molecule has 4 nitrogen and oxygen atoms in total. The number of amides is 1. The lowest BCUT2D eigenvalue weighted by atomic mass is 10.2. The van der Waals surface area contributed by atoms with Crippen LogP contribution in [0.1, 0.15) is 11.1 Å². The standard InChI is InChI=1S/C19H19N3O/c1-22(14-17-10-6-3-7-11-17)15-18(12-20)19(23)21-13-16-8-4-2-5-9-16/h2-11,15H,13-14H2,1H3,(H,21,23)/b18-15-. The van der Waals surface area contributed by atoms with Crippen LogP contribution in [0.4, 0.5) is 0 Å². The zero-order chi connectivity index (χ0) is 16.5. The molecule has 0 aromatic heterocycles. The SMILES string of the molecule is CN(/C=C(/C#N)C(=O)NCc1ccccc1)Cc1ccccc1. The Morgan fingerprint density at radius 1 is 1.09 bits per heavy atom. The maximum absolute atomic E-state index is 12.1. The molecule has 0 radical (unpaired) electrons. The van der Waals surface area contributed by atoms with Gasteiger partial charge in [0.2, 0.25) is 0 Å². The predicted octanol–water partition coefficient (Wildman–Crippen LogP) is 2.84. The highest BCUT2D eigenvalue weighted by Crippen LogP contribution is 2.05. The molecule has 0 aliphatic heterocycles. The van der Waals surface area contributed by atoms with Gasteiger partial charge in [-0.2, -0.15) is 5.26 Å². The van der Waals surface area contributed by atoms with Crippen molar-refractivity contribution >= 4 is 5.91 Å². The molecular weight excluding hydrogens is 286 g/mol. The van der Waals surface area contributed by atoms with Crippen LogP contribution in [0.25, 0.3) is 0 Å². The quantitative estimate of drug-likeness (QED) is 0.659.